The summed E-state index contributed by atoms with van der Waals surface area (Å²) in [6.45, 7) is -0.808. The normalized spacial score (nSPS) is 12.3. The number of anilines is 1. The third-order valence-electron chi connectivity index (χ3n) is 2.93. The number of rotatable bonds is 5. The topological polar surface area (TPSA) is 21.3 Å². The van der Waals surface area contributed by atoms with Gasteiger partial charge < -0.3 is 10.1 Å². The van der Waals surface area contributed by atoms with Gasteiger partial charge in [0.15, 0.2) is 0 Å². The molecule has 0 heterocycles. The quantitative estimate of drug-likeness (QED) is 0.641. The number of ether oxygens (including phenoxy) is 1. The number of alkyl halides is 2. The fourth-order valence-electron chi connectivity index (χ4n) is 1.87. The van der Waals surface area contributed by atoms with Gasteiger partial charge in [-0.25, -0.2) is 0 Å². The average Bonchev–Trinajstić information content (AvgIpc) is 2.43. The van der Waals surface area contributed by atoms with Gasteiger partial charge in [0.2, 0.25) is 0 Å². The Balaban J connectivity index is 2.11. The number of hydrogen-bond donors (Lipinski definition) is 1. The fourth-order valence-corrected chi connectivity index (χ4v) is 3.10. The second kappa shape index (κ2) is 7.22. The Morgan fingerprint density at radius 3 is 2.10 bits per heavy atom. The first-order valence-electron chi connectivity index (χ1n) is 6.22. The molecule has 1 unspecified atom stereocenters. The van der Waals surface area contributed by atoms with E-state index < -0.39 is 6.61 Å². The molecule has 2 nitrogen and oxygen atoms in total. The Bertz CT molecular complexity index is 585. The minimum atomic E-state index is -2.80. The number of halogens is 4. The van der Waals surface area contributed by atoms with Gasteiger partial charge in [-0.3, -0.25) is 0 Å². The molecule has 0 amide bonds. The SMILES string of the molecule is CC(Nc1c(Br)cccc1Br)c1ccc(OC(F)F)cc1. The molecule has 0 saturated heterocycles. The molecule has 112 valence electrons. The summed E-state index contributed by atoms with van der Waals surface area (Å²) in [6.07, 6.45) is 0. The van der Waals surface area contributed by atoms with Crippen molar-refractivity contribution >= 4 is 37.5 Å². The zero-order valence-electron chi connectivity index (χ0n) is 11.1. The van der Waals surface area contributed by atoms with E-state index in [4.69, 9.17) is 0 Å². The van der Waals surface area contributed by atoms with E-state index in [1.165, 1.54) is 12.1 Å². The lowest BCUT2D eigenvalue weighted by molar-refractivity contribution is -0.0498. The van der Waals surface area contributed by atoms with Crippen LogP contribution < -0.4 is 10.1 Å². The number of benzene rings is 2. The molecule has 1 atom stereocenters. The van der Waals surface area contributed by atoms with Crippen LogP contribution in [0.15, 0.2) is 51.4 Å². The first-order chi connectivity index (χ1) is 9.97. The van der Waals surface area contributed by atoms with E-state index in [0.29, 0.717) is 0 Å². The lowest BCUT2D eigenvalue weighted by Gasteiger charge is -2.18. The fraction of sp³-hybridized carbons (Fsp3) is 0.200. The lowest BCUT2D eigenvalue weighted by Crippen LogP contribution is -2.08. The molecule has 1 N–H and O–H groups in total. The molecular formula is C15H13Br2F2NO. The van der Waals surface area contributed by atoms with Gasteiger partial charge in [0.25, 0.3) is 0 Å². The molecular weight excluding hydrogens is 408 g/mol. The van der Waals surface area contributed by atoms with Crippen molar-refractivity contribution in [2.45, 2.75) is 19.6 Å². The smallest absolute Gasteiger partial charge is 0.387 e. The predicted molar refractivity (Wildman–Crippen MR) is 87.0 cm³/mol. The van der Waals surface area contributed by atoms with E-state index in [9.17, 15) is 8.78 Å². The van der Waals surface area contributed by atoms with Crippen molar-refractivity contribution in [1.82, 2.24) is 0 Å². The average molecular weight is 421 g/mol. The zero-order valence-corrected chi connectivity index (χ0v) is 14.3. The Labute approximate surface area is 138 Å². The minimum absolute atomic E-state index is 0.0144. The van der Waals surface area contributed by atoms with E-state index >= 15 is 0 Å². The van der Waals surface area contributed by atoms with Gasteiger partial charge in [0.05, 0.1) is 5.69 Å². The second-order valence-corrected chi connectivity index (χ2v) is 6.12. The van der Waals surface area contributed by atoms with E-state index in [-0.39, 0.29) is 11.8 Å². The summed E-state index contributed by atoms with van der Waals surface area (Å²) < 4.78 is 30.5. The van der Waals surface area contributed by atoms with Crippen LogP contribution in [-0.2, 0) is 0 Å². The Morgan fingerprint density at radius 1 is 1.00 bits per heavy atom. The summed E-state index contributed by atoms with van der Waals surface area (Å²) in [5, 5.41) is 3.37. The summed E-state index contributed by atoms with van der Waals surface area (Å²) in [5.74, 6) is 0.156. The van der Waals surface area contributed by atoms with Crippen LogP contribution in [0, 0.1) is 0 Å². The molecule has 0 aliphatic carbocycles. The zero-order chi connectivity index (χ0) is 15.4. The van der Waals surface area contributed by atoms with Gasteiger partial charge in [-0.15, -0.1) is 0 Å². The van der Waals surface area contributed by atoms with Gasteiger partial charge in [-0.05, 0) is 68.6 Å². The van der Waals surface area contributed by atoms with Crippen molar-refractivity contribution < 1.29 is 13.5 Å². The first-order valence-corrected chi connectivity index (χ1v) is 7.81. The summed E-state index contributed by atoms with van der Waals surface area (Å²) in [6, 6.07) is 12.4. The number of nitrogens with one attached hydrogen (secondary N) is 1. The van der Waals surface area contributed by atoms with Crippen molar-refractivity contribution in [3.8, 4) is 5.75 Å². The monoisotopic (exact) mass is 419 g/mol. The van der Waals surface area contributed by atoms with E-state index in [0.717, 1.165) is 20.2 Å². The Hall–Kier alpha value is -1.14. The largest absolute Gasteiger partial charge is 0.435 e. The van der Waals surface area contributed by atoms with Crippen molar-refractivity contribution in [3.05, 3.63) is 57.0 Å². The minimum Gasteiger partial charge on any atom is -0.435 e. The van der Waals surface area contributed by atoms with Crippen molar-refractivity contribution in [2.75, 3.05) is 5.32 Å². The highest BCUT2D eigenvalue weighted by atomic mass is 79.9. The molecule has 2 rings (SSSR count). The lowest BCUT2D eigenvalue weighted by atomic mass is 10.1. The van der Waals surface area contributed by atoms with E-state index in [2.05, 4.69) is 41.9 Å². The number of para-hydroxylation sites is 1. The van der Waals surface area contributed by atoms with Crippen LogP contribution >= 0.6 is 31.9 Å². The van der Waals surface area contributed by atoms with Gasteiger partial charge in [-0.1, -0.05) is 18.2 Å². The first kappa shape index (κ1) is 16.2. The molecule has 2 aromatic carbocycles. The van der Waals surface area contributed by atoms with Gasteiger partial charge in [0.1, 0.15) is 5.75 Å². The van der Waals surface area contributed by atoms with Crippen LogP contribution in [0.5, 0.6) is 5.75 Å². The van der Waals surface area contributed by atoms with E-state index in [1.807, 2.05) is 25.1 Å². The second-order valence-electron chi connectivity index (χ2n) is 4.41. The van der Waals surface area contributed by atoms with Gasteiger partial charge in [0, 0.05) is 15.0 Å². The standard InChI is InChI=1S/C15H13Br2F2NO/c1-9(20-14-12(16)3-2-4-13(14)17)10-5-7-11(8-6-10)21-15(18)19/h2-9,15,20H,1H3. The molecule has 0 saturated carbocycles. The summed E-state index contributed by atoms with van der Waals surface area (Å²) >= 11 is 6.98. The Morgan fingerprint density at radius 2 is 1.57 bits per heavy atom. The van der Waals surface area contributed by atoms with Crippen LogP contribution in [0.2, 0.25) is 0 Å². The highest BCUT2D eigenvalue weighted by Crippen LogP contribution is 2.33. The van der Waals surface area contributed by atoms with Crippen LogP contribution in [-0.4, -0.2) is 6.61 Å². The van der Waals surface area contributed by atoms with Crippen LogP contribution in [0.4, 0.5) is 14.5 Å². The predicted octanol–water partition coefficient (Wildman–Crippen LogP) is 5.99. The van der Waals surface area contributed by atoms with Crippen molar-refractivity contribution in [1.29, 1.82) is 0 Å². The molecule has 0 aromatic heterocycles. The van der Waals surface area contributed by atoms with Crippen LogP contribution in [0.3, 0.4) is 0 Å². The van der Waals surface area contributed by atoms with E-state index in [1.54, 1.807) is 12.1 Å². The van der Waals surface area contributed by atoms with Crippen LogP contribution in [0.25, 0.3) is 0 Å². The molecule has 6 heteroatoms. The van der Waals surface area contributed by atoms with Gasteiger partial charge >= 0.3 is 6.61 Å². The molecule has 0 radical (unpaired) electrons. The summed E-state index contributed by atoms with van der Waals surface area (Å²) in [4.78, 5) is 0. The molecule has 2 aromatic rings. The highest BCUT2D eigenvalue weighted by Gasteiger charge is 2.11. The molecule has 0 spiro atoms. The molecule has 0 aliphatic rings. The third kappa shape index (κ3) is 4.41. The van der Waals surface area contributed by atoms with Crippen LogP contribution in [0.1, 0.15) is 18.5 Å². The van der Waals surface area contributed by atoms with Crippen molar-refractivity contribution in [2.24, 2.45) is 0 Å². The highest BCUT2D eigenvalue weighted by molar-refractivity contribution is 9.11. The summed E-state index contributed by atoms with van der Waals surface area (Å²) in [5.41, 5.74) is 1.91. The Kier molecular flexibility index (Phi) is 5.58. The van der Waals surface area contributed by atoms with Gasteiger partial charge in [-0.2, -0.15) is 8.78 Å². The molecule has 0 aliphatic heterocycles. The van der Waals surface area contributed by atoms with Crippen molar-refractivity contribution in [3.63, 3.8) is 0 Å². The molecule has 0 fully saturated rings. The maximum atomic E-state index is 12.1. The maximum Gasteiger partial charge on any atom is 0.387 e. The molecule has 21 heavy (non-hydrogen) atoms. The molecule has 0 bridgehead atoms. The summed E-state index contributed by atoms with van der Waals surface area (Å²) in [7, 11) is 0. The number of hydrogen-bond acceptors (Lipinski definition) is 2. The third-order valence-corrected chi connectivity index (χ3v) is 4.25. The maximum absolute atomic E-state index is 12.1.